The summed E-state index contributed by atoms with van der Waals surface area (Å²) in [6.45, 7) is 4.64. The van der Waals surface area contributed by atoms with E-state index in [1.165, 1.54) is 0 Å². The minimum atomic E-state index is -0.600. The normalized spacial score (nSPS) is 19.0. The van der Waals surface area contributed by atoms with Crippen LogP contribution in [0.25, 0.3) is 0 Å². The number of rotatable bonds is 6. The van der Waals surface area contributed by atoms with Gasteiger partial charge in [-0.1, -0.05) is 42.5 Å². The highest BCUT2D eigenvalue weighted by Crippen LogP contribution is 2.31. The van der Waals surface area contributed by atoms with E-state index in [4.69, 9.17) is 21.7 Å². The summed E-state index contributed by atoms with van der Waals surface area (Å²) in [6.07, 6.45) is 0. The SMILES string of the molecule is CCOC(=O)C1C(c2ccccc2)=NC(=S)NC1c1ccc(OCC)cc1. The molecular weight excluding hydrogens is 360 g/mol. The first-order valence-electron chi connectivity index (χ1n) is 8.98. The van der Waals surface area contributed by atoms with Crippen molar-refractivity contribution in [1.82, 2.24) is 5.32 Å². The molecule has 0 saturated heterocycles. The van der Waals surface area contributed by atoms with E-state index in [0.717, 1.165) is 16.9 Å². The number of esters is 1. The van der Waals surface area contributed by atoms with E-state index in [-0.39, 0.29) is 12.0 Å². The van der Waals surface area contributed by atoms with Crippen LogP contribution in [-0.2, 0) is 9.53 Å². The molecular formula is C21H22N2O3S. The number of carbonyl (C=O) groups is 1. The van der Waals surface area contributed by atoms with Crippen LogP contribution in [-0.4, -0.2) is 30.0 Å². The van der Waals surface area contributed by atoms with Crippen molar-refractivity contribution in [2.24, 2.45) is 10.9 Å². The minimum Gasteiger partial charge on any atom is -0.494 e. The van der Waals surface area contributed by atoms with Gasteiger partial charge >= 0.3 is 5.97 Å². The van der Waals surface area contributed by atoms with Gasteiger partial charge in [0.05, 0.1) is 25.0 Å². The molecule has 140 valence electrons. The summed E-state index contributed by atoms with van der Waals surface area (Å²) < 4.78 is 10.9. The number of hydrogen-bond donors (Lipinski definition) is 1. The molecule has 1 N–H and O–H groups in total. The smallest absolute Gasteiger partial charge is 0.317 e. The highest BCUT2D eigenvalue weighted by molar-refractivity contribution is 7.80. The van der Waals surface area contributed by atoms with Crippen LogP contribution in [0.1, 0.15) is 31.0 Å². The van der Waals surface area contributed by atoms with Crippen molar-refractivity contribution in [3.63, 3.8) is 0 Å². The number of aliphatic imine (C=N–C) groups is 1. The van der Waals surface area contributed by atoms with Crippen LogP contribution in [0.5, 0.6) is 5.75 Å². The zero-order chi connectivity index (χ0) is 19.2. The van der Waals surface area contributed by atoms with Gasteiger partial charge in [0.15, 0.2) is 5.11 Å². The maximum atomic E-state index is 12.8. The average molecular weight is 382 g/mol. The van der Waals surface area contributed by atoms with E-state index in [0.29, 0.717) is 24.0 Å². The predicted molar refractivity (Wildman–Crippen MR) is 109 cm³/mol. The summed E-state index contributed by atoms with van der Waals surface area (Å²) in [7, 11) is 0. The summed E-state index contributed by atoms with van der Waals surface area (Å²) in [5.41, 5.74) is 2.40. The molecule has 1 heterocycles. The lowest BCUT2D eigenvalue weighted by atomic mass is 9.84. The van der Waals surface area contributed by atoms with Crippen LogP contribution in [0.3, 0.4) is 0 Å². The molecule has 0 fully saturated rings. The fraction of sp³-hybridized carbons (Fsp3) is 0.286. The molecule has 0 amide bonds. The van der Waals surface area contributed by atoms with E-state index < -0.39 is 5.92 Å². The molecule has 27 heavy (non-hydrogen) atoms. The highest BCUT2D eigenvalue weighted by Gasteiger charge is 2.39. The van der Waals surface area contributed by atoms with Crippen LogP contribution in [0, 0.1) is 5.92 Å². The topological polar surface area (TPSA) is 59.9 Å². The van der Waals surface area contributed by atoms with Gasteiger partial charge in [0.2, 0.25) is 0 Å². The van der Waals surface area contributed by atoms with Crippen molar-refractivity contribution in [3.05, 3.63) is 65.7 Å². The van der Waals surface area contributed by atoms with E-state index in [2.05, 4.69) is 10.3 Å². The molecule has 0 aliphatic carbocycles. The van der Waals surface area contributed by atoms with Gasteiger partial charge in [0.25, 0.3) is 0 Å². The highest BCUT2D eigenvalue weighted by atomic mass is 32.1. The standard InChI is InChI=1S/C21H22N2O3S/c1-3-25-16-12-10-15(11-13-16)19-17(20(24)26-4-2)18(22-21(27)23-19)14-8-6-5-7-9-14/h5-13,17,19H,3-4H2,1-2H3,(H,23,27). The van der Waals surface area contributed by atoms with Crippen LogP contribution in [0.15, 0.2) is 59.6 Å². The largest absolute Gasteiger partial charge is 0.494 e. The van der Waals surface area contributed by atoms with Gasteiger partial charge in [0.1, 0.15) is 11.7 Å². The van der Waals surface area contributed by atoms with Crippen LogP contribution in [0.4, 0.5) is 0 Å². The van der Waals surface area contributed by atoms with Gasteiger partial charge in [-0.05, 0) is 49.3 Å². The first-order chi connectivity index (χ1) is 13.1. The lowest BCUT2D eigenvalue weighted by Crippen LogP contribution is -2.45. The Morgan fingerprint density at radius 2 is 1.78 bits per heavy atom. The Morgan fingerprint density at radius 1 is 1.07 bits per heavy atom. The number of ether oxygens (including phenoxy) is 2. The molecule has 2 unspecified atom stereocenters. The van der Waals surface area contributed by atoms with Gasteiger partial charge < -0.3 is 14.8 Å². The van der Waals surface area contributed by atoms with Crippen LogP contribution in [0.2, 0.25) is 0 Å². The average Bonchev–Trinajstić information content (AvgIpc) is 2.69. The zero-order valence-electron chi connectivity index (χ0n) is 15.3. The molecule has 0 spiro atoms. The molecule has 1 aliphatic rings. The Bertz CT molecular complexity index is 834. The number of hydrogen-bond acceptors (Lipinski definition) is 4. The molecule has 0 radical (unpaired) electrons. The lowest BCUT2D eigenvalue weighted by Gasteiger charge is -2.32. The first-order valence-corrected chi connectivity index (χ1v) is 9.38. The van der Waals surface area contributed by atoms with Crippen LogP contribution < -0.4 is 10.1 Å². The summed E-state index contributed by atoms with van der Waals surface area (Å²) in [5.74, 6) is -0.143. The van der Waals surface area contributed by atoms with Crippen molar-refractivity contribution in [2.75, 3.05) is 13.2 Å². The van der Waals surface area contributed by atoms with E-state index >= 15 is 0 Å². The Hall–Kier alpha value is -2.73. The molecule has 0 aromatic heterocycles. The third-order valence-electron chi connectivity index (χ3n) is 4.29. The number of nitrogens with zero attached hydrogens (tertiary/aromatic N) is 1. The second kappa shape index (κ2) is 8.77. The Kier molecular flexibility index (Phi) is 6.19. The maximum absolute atomic E-state index is 12.8. The quantitative estimate of drug-likeness (QED) is 0.610. The Labute approximate surface area is 164 Å². The van der Waals surface area contributed by atoms with Crippen molar-refractivity contribution in [1.29, 1.82) is 0 Å². The summed E-state index contributed by atoms with van der Waals surface area (Å²) >= 11 is 5.36. The third kappa shape index (κ3) is 4.34. The fourth-order valence-corrected chi connectivity index (χ4v) is 3.36. The second-order valence-corrected chi connectivity index (χ2v) is 6.41. The van der Waals surface area contributed by atoms with E-state index in [1.54, 1.807) is 6.92 Å². The Morgan fingerprint density at radius 3 is 2.41 bits per heavy atom. The van der Waals surface area contributed by atoms with Gasteiger partial charge in [-0.2, -0.15) is 0 Å². The summed E-state index contributed by atoms with van der Waals surface area (Å²) in [6, 6.07) is 16.9. The van der Waals surface area contributed by atoms with E-state index in [1.807, 2.05) is 61.5 Å². The molecule has 3 rings (SSSR count). The zero-order valence-corrected chi connectivity index (χ0v) is 16.2. The molecule has 2 atom stereocenters. The first kappa shape index (κ1) is 19.0. The maximum Gasteiger partial charge on any atom is 0.317 e. The number of carbonyl (C=O) groups excluding carboxylic acids is 1. The van der Waals surface area contributed by atoms with Crippen molar-refractivity contribution in [2.45, 2.75) is 19.9 Å². The molecule has 1 aliphatic heterocycles. The molecule has 2 aromatic rings. The monoisotopic (exact) mass is 382 g/mol. The van der Waals surface area contributed by atoms with E-state index in [9.17, 15) is 4.79 Å². The van der Waals surface area contributed by atoms with Crippen molar-refractivity contribution >= 4 is 29.0 Å². The van der Waals surface area contributed by atoms with Gasteiger partial charge in [0, 0.05) is 0 Å². The fourth-order valence-electron chi connectivity index (χ4n) is 3.13. The van der Waals surface area contributed by atoms with Gasteiger partial charge in [-0.3, -0.25) is 4.79 Å². The predicted octanol–water partition coefficient (Wildman–Crippen LogP) is 3.68. The third-order valence-corrected chi connectivity index (χ3v) is 4.50. The molecule has 5 nitrogen and oxygen atoms in total. The van der Waals surface area contributed by atoms with Crippen molar-refractivity contribution < 1.29 is 14.3 Å². The summed E-state index contributed by atoms with van der Waals surface area (Å²) in [5, 5.41) is 3.53. The second-order valence-electron chi connectivity index (χ2n) is 6.02. The number of nitrogens with one attached hydrogen (secondary N) is 1. The molecule has 0 bridgehead atoms. The number of benzene rings is 2. The number of thiocarbonyl (C=S) groups is 1. The van der Waals surface area contributed by atoms with Crippen molar-refractivity contribution in [3.8, 4) is 5.75 Å². The molecule has 0 saturated carbocycles. The Balaban J connectivity index is 2.02. The van der Waals surface area contributed by atoms with Gasteiger partial charge in [-0.15, -0.1) is 0 Å². The lowest BCUT2D eigenvalue weighted by molar-refractivity contribution is -0.146. The molecule has 6 heteroatoms. The van der Waals surface area contributed by atoms with Crippen LogP contribution >= 0.6 is 12.2 Å². The molecule has 2 aromatic carbocycles. The summed E-state index contributed by atoms with van der Waals surface area (Å²) in [4.78, 5) is 17.3. The minimum absolute atomic E-state index is 0.303. The van der Waals surface area contributed by atoms with Gasteiger partial charge in [-0.25, -0.2) is 4.99 Å².